The van der Waals surface area contributed by atoms with Gasteiger partial charge in [0.2, 0.25) is 0 Å². The molecule has 0 bridgehead atoms. The highest BCUT2D eigenvalue weighted by atomic mass is 14.9. The van der Waals surface area contributed by atoms with Gasteiger partial charge >= 0.3 is 0 Å². The van der Waals surface area contributed by atoms with E-state index in [0.29, 0.717) is 0 Å². The van der Waals surface area contributed by atoms with E-state index in [1.54, 1.807) is 0 Å². The van der Waals surface area contributed by atoms with Gasteiger partial charge in [0.25, 0.3) is 0 Å². The minimum Gasteiger partial charge on any atom is -0.308 e. The Morgan fingerprint density at radius 2 is 1.41 bits per heavy atom. The summed E-state index contributed by atoms with van der Waals surface area (Å²) in [6, 6.07) is 25.2. The number of benzene rings is 4. The zero-order valence-electron chi connectivity index (χ0n) is 22.7. The number of hydrogen-bond acceptors (Lipinski definition) is 1. The molecular formula is C35H34N2. The van der Waals surface area contributed by atoms with Crippen molar-refractivity contribution in [1.82, 2.24) is 9.38 Å². The first-order valence-corrected chi connectivity index (χ1v) is 13.5. The number of nitrogens with zero attached hydrogens (tertiary/aromatic N) is 2. The highest BCUT2D eigenvalue weighted by molar-refractivity contribution is 6.28. The lowest BCUT2D eigenvalue weighted by Crippen LogP contribution is -2.12. The second kappa shape index (κ2) is 7.44. The monoisotopic (exact) mass is 482 g/mol. The third-order valence-corrected chi connectivity index (χ3v) is 7.77. The largest absolute Gasteiger partial charge is 0.308 e. The molecule has 0 aliphatic carbocycles. The summed E-state index contributed by atoms with van der Waals surface area (Å²) in [6.45, 7) is 14.0. The Balaban J connectivity index is 1.76. The molecule has 37 heavy (non-hydrogen) atoms. The van der Waals surface area contributed by atoms with Gasteiger partial charge < -0.3 is 4.40 Å². The van der Waals surface area contributed by atoms with Crippen molar-refractivity contribution >= 4 is 59.8 Å². The fourth-order valence-corrected chi connectivity index (χ4v) is 6.54. The molecule has 0 unspecified atom stereocenters. The summed E-state index contributed by atoms with van der Waals surface area (Å²) >= 11 is 0. The molecule has 0 aliphatic heterocycles. The van der Waals surface area contributed by atoms with Crippen LogP contribution in [0.15, 0.2) is 72.9 Å². The zero-order chi connectivity index (χ0) is 25.7. The maximum Gasteiger partial charge on any atom is 0.0823 e. The Bertz CT molecular complexity index is 1990. The van der Waals surface area contributed by atoms with Crippen LogP contribution in [0.25, 0.3) is 59.8 Å². The summed E-state index contributed by atoms with van der Waals surface area (Å²) in [7, 11) is 0. The Hall–Kier alpha value is -3.65. The van der Waals surface area contributed by atoms with Crippen LogP contribution in [0.1, 0.15) is 52.7 Å². The molecule has 0 radical (unpaired) electrons. The molecule has 0 aliphatic rings. The lowest BCUT2D eigenvalue weighted by molar-refractivity contribution is 0.411. The van der Waals surface area contributed by atoms with E-state index in [-0.39, 0.29) is 10.8 Å². The van der Waals surface area contributed by atoms with Gasteiger partial charge in [-0.25, -0.2) is 0 Å². The van der Waals surface area contributed by atoms with E-state index in [1.165, 1.54) is 65.4 Å². The molecule has 4 aromatic carbocycles. The molecule has 0 fully saturated rings. The lowest BCUT2D eigenvalue weighted by Gasteiger charge is -2.24. The molecule has 0 atom stereocenters. The van der Waals surface area contributed by atoms with Crippen LogP contribution in [-0.2, 0) is 12.8 Å². The van der Waals surface area contributed by atoms with Crippen molar-refractivity contribution in [3.63, 3.8) is 0 Å². The number of rotatable bonds is 2. The van der Waals surface area contributed by atoms with Gasteiger partial charge in [-0.15, -0.1) is 0 Å². The van der Waals surface area contributed by atoms with Crippen molar-refractivity contribution < 1.29 is 0 Å². The fraction of sp³-hybridized carbons (Fsp3) is 0.286. The summed E-state index contributed by atoms with van der Waals surface area (Å²) in [6.07, 6.45) is 4.04. The summed E-state index contributed by atoms with van der Waals surface area (Å²) in [5, 5.41) is 9.09. The van der Waals surface area contributed by atoms with Gasteiger partial charge in [-0.3, -0.25) is 4.98 Å². The smallest absolute Gasteiger partial charge is 0.0823 e. The molecule has 0 saturated carbocycles. The van der Waals surface area contributed by atoms with Crippen LogP contribution in [0, 0.1) is 10.8 Å². The summed E-state index contributed by atoms with van der Waals surface area (Å²) < 4.78 is 2.56. The molecule has 7 rings (SSSR count). The van der Waals surface area contributed by atoms with E-state index in [9.17, 15) is 0 Å². The van der Waals surface area contributed by atoms with Crippen LogP contribution >= 0.6 is 0 Å². The van der Waals surface area contributed by atoms with Crippen LogP contribution in [0.5, 0.6) is 0 Å². The van der Waals surface area contributed by atoms with Gasteiger partial charge in [0, 0.05) is 27.7 Å². The summed E-state index contributed by atoms with van der Waals surface area (Å²) in [5.74, 6) is 0. The predicted octanol–water partition coefficient (Wildman–Crippen LogP) is 9.72. The fourth-order valence-electron chi connectivity index (χ4n) is 6.54. The molecular weight excluding hydrogens is 448 g/mol. The van der Waals surface area contributed by atoms with E-state index in [1.807, 2.05) is 6.20 Å². The first kappa shape index (κ1) is 22.5. The predicted molar refractivity (Wildman–Crippen MR) is 160 cm³/mol. The van der Waals surface area contributed by atoms with Crippen LogP contribution < -0.4 is 0 Å². The quantitative estimate of drug-likeness (QED) is 0.177. The Kier molecular flexibility index (Phi) is 4.54. The summed E-state index contributed by atoms with van der Waals surface area (Å²) in [5.41, 5.74) is 8.23. The second-order valence-corrected chi connectivity index (χ2v) is 13.4. The standard InChI is InChI=1S/C35H34N2/c1-34(2,3)19-21-11-13-24-23(17-21)18-27-31-30-22(15-16-36-31)12-14-26-25-9-7-8-10-29(25)37(33(26)30)32(27)28(24)20-35(4,5)6/h7-18H,19-20H2,1-6H3. The van der Waals surface area contributed by atoms with Crippen LogP contribution in [0.2, 0.25) is 0 Å². The van der Waals surface area contributed by atoms with Crippen LogP contribution in [0.4, 0.5) is 0 Å². The van der Waals surface area contributed by atoms with Gasteiger partial charge in [-0.1, -0.05) is 90.1 Å². The molecule has 0 amide bonds. The normalized spacial score (nSPS) is 13.4. The van der Waals surface area contributed by atoms with Crippen LogP contribution in [0.3, 0.4) is 0 Å². The molecule has 3 aromatic heterocycles. The van der Waals surface area contributed by atoms with E-state index in [0.717, 1.165) is 18.4 Å². The van der Waals surface area contributed by atoms with Crippen molar-refractivity contribution in [2.45, 2.75) is 54.4 Å². The SMILES string of the molecule is CC(C)(C)Cc1ccc2c(CC(C)(C)C)c3c(cc2c1)c1nccc2ccc4c5ccccc5n3c4c21. The number of fused-ring (bicyclic) bond motifs is 7. The zero-order valence-corrected chi connectivity index (χ0v) is 22.7. The Labute approximate surface area is 218 Å². The number of aromatic nitrogens is 2. The molecule has 184 valence electrons. The second-order valence-electron chi connectivity index (χ2n) is 13.4. The van der Waals surface area contributed by atoms with Gasteiger partial charge in [-0.2, -0.15) is 0 Å². The minimum atomic E-state index is 0.143. The average Bonchev–Trinajstić information content (AvgIpc) is 3.16. The van der Waals surface area contributed by atoms with Gasteiger partial charge in [0.1, 0.15) is 0 Å². The molecule has 2 heteroatoms. The van der Waals surface area contributed by atoms with Crippen molar-refractivity contribution in [2.24, 2.45) is 10.8 Å². The minimum absolute atomic E-state index is 0.143. The Morgan fingerprint density at radius 3 is 2.19 bits per heavy atom. The van der Waals surface area contributed by atoms with E-state index in [2.05, 4.69) is 113 Å². The summed E-state index contributed by atoms with van der Waals surface area (Å²) in [4.78, 5) is 5.04. The van der Waals surface area contributed by atoms with E-state index in [4.69, 9.17) is 4.98 Å². The third kappa shape index (κ3) is 3.42. The lowest BCUT2D eigenvalue weighted by atomic mass is 9.83. The number of pyridine rings is 2. The first-order valence-electron chi connectivity index (χ1n) is 13.5. The van der Waals surface area contributed by atoms with Gasteiger partial charge in [0.05, 0.1) is 22.1 Å². The van der Waals surface area contributed by atoms with Gasteiger partial charge in [0.15, 0.2) is 0 Å². The molecule has 0 saturated heterocycles. The van der Waals surface area contributed by atoms with Crippen LogP contribution in [-0.4, -0.2) is 9.38 Å². The molecule has 3 heterocycles. The van der Waals surface area contributed by atoms with E-state index >= 15 is 0 Å². The van der Waals surface area contributed by atoms with Gasteiger partial charge in [-0.05, 0) is 69.2 Å². The van der Waals surface area contributed by atoms with Crippen molar-refractivity contribution in [2.75, 3.05) is 0 Å². The number of para-hydroxylation sites is 1. The Morgan fingerprint density at radius 1 is 0.649 bits per heavy atom. The first-order chi connectivity index (χ1) is 17.6. The number of hydrogen-bond donors (Lipinski definition) is 0. The van der Waals surface area contributed by atoms with Crippen molar-refractivity contribution in [3.8, 4) is 0 Å². The maximum atomic E-state index is 5.04. The van der Waals surface area contributed by atoms with Crippen molar-refractivity contribution in [1.29, 1.82) is 0 Å². The van der Waals surface area contributed by atoms with Crippen molar-refractivity contribution in [3.05, 3.63) is 84.1 Å². The molecule has 7 aromatic rings. The topological polar surface area (TPSA) is 17.3 Å². The maximum absolute atomic E-state index is 5.04. The highest BCUT2D eigenvalue weighted by Crippen LogP contribution is 2.44. The molecule has 0 spiro atoms. The molecule has 0 N–H and O–H groups in total. The van der Waals surface area contributed by atoms with E-state index < -0.39 is 0 Å². The highest BCUT2D eigenvalue weighted by Gasteiger charge is 2.24. The molecule has 2 nitrogen and oxygen atoms in total. The average molecular weight is 483 g/mol. The third-order valence-electron chi connectivity index (χ3n) is 7.77.